The van der Waals surface area contributed by atoms with Crippen molar-refractivity contribution in [1.29, 1.82) is 0 Å². The average molecular weight is 177 g/mol. The van der Waals surface area contributed by atoms with Gasteiger partial charge in [0.15, 0.2) is 11.6 Å². The van der Waals surface area contributed by atoms with Gasteiger partial charge in [-0.05, 0) is 5.92 Å². The molecule has 0 radical (unpaired) electrons. The summed E-state index contributed by atoms with van der Waals surface area (Å²) in [5, 5.41) is 0. The van der Waals surface area contributed by atoms with Crippen LogP contribution in [0.5, 0.6) is 0 Å². The summed E-state index contributed by atoms with van der Waals surface area (Å²) in [6, 6.07) is 0. The Morgan fingerprint density at radius 1 is 1.38 bits per heavy atom. The highest BCUT2D eigenvalue weighted by Crippen LogP contribution is 2.05. The van der Waals surface area contributed by atoms with E-state index in [0.717, 1.165) is 0 Å². The highest BCUT2D eigenvalue weighted by atomic mass is 16.1. The van der Waals surface area contributed by atoms with E-state index in [9.17, 15) is 4.79 Å². The molecule has 0 spiro atoms. The molecule has 0 aliphatic rings. The third kappa shape index (κ3) is 2.34. The van der Waals surface area contributed by atoms with Crippen LogP contribution in [0.3, 0.4) is 0 Å². The van der Waals surface area contributed by atoms with Crippen molar-refractivity contribution in [1.82, 2.24) is 9.97 Å². The number of hydrogen-bond donors (Lipinski definition) is 3. The summed E-state index contributed by atoms with van der Waals surface area (Å²) in [5.74, 6) is 3.95. The van der Waals surface area contributed by atoms with E-state index < -0.39 is 5.91 Å². The number of nitrogens with zero attached hydrogens (tertiary/aromatic N) is 2. The average Bonchev–Trinajstić information content (AvgIpc) is 2.07. The first-order chi connectivity index (χ1) is 6.09. The Hall–Kier alpha value is -2.29. The molecule has 1 aromatic heterocycles. The third-order valence-electron chi connectivity index (χ3n) is 1.14. The molecular weight excluding hydrogens is 170 g/mol. The summed E-state index contributed by atoms with van der Waals surface area (Å²) in [6.07, 6.45) is 1.31. The van der Waals surface area contributed by atoms with Crippen molar-refractivity contribution in [2.24, 2.45) is 5.73 Å². The molecule has 0 unspecified atom stereocenters. The largest absolute Gasteiger partial charge is 0.381 e. The van der Waals surface area contributed by atoms with E-state index in [-0.39, 0.29) is 17.3 Å². The molecule has 0 saturated carbocycles. The molecule has 6 heteroatoms. The highest BCUT2D eigenvalue weighted by molar-refractivity contribution is 5.92. The van der Waals surface area contributed by atoms with Crippen LogP contribution in [0.25, 0.3) is 0 Å². The first kappa shape index (κ1) is 8.80. The van der Waals surface area contributed by atoms with Crippen molar-refractivity contribution in [3.05, 3.63) is 11.9 Å². The molecule has 1 heterocycles. The lowest BCUT2D eigenvalue weighted by Crippen LogP contribution is -2.07. The molecular formula is C7H7N5O. The van der Waals surface area contributed by atoms with Crippen molar-refractivity contribution in [3.8, 4) is 11.8 Å². The molecule has 0 saturated heterocycles. The van der Waals surface area contributed by atoms with Crippen LogP contribution in [-0.2, 0) is 4.79 Å². The van der Waals surface area contributed by atoms with E-state index in [1.54, 1.807) is 0 Å². The fourth-order valence-corrected chi connectivity index (χ4v) is 0.599. The molecule has 13 heavy (non-hydrogen) atoms. The zero-order chi connectivity index (χ0) is 9.84. The SMILES string of the molecule is NC(=O)C#Cc1cnc(N)c(N)n1. The second kappa shape index (κ2) is 3.40. The fourth-order valence-electron chi connectivity index (χ4n) is 0.599. The molecule has 0 aromatic carbocycles. The van der Waals surface area contributed by atoms with Crippen LogP contribution in [-0.4, -0.2) is 15.9 Å². The first-order valence-electron chi connectivity index (χ1n) is 3.29. The van der Waals surface area contributed by atoms with E-state index in [4.69, 9.17) is 17.2 Å². The van der Waals surface area contributed by atoms with Crippen LogP contribution < -0.4 is 17.2 Å². The van der Waals surface area contributed by atoms with E-state index in [0.29, 0.717) is 0 Å². The lowest BCUT2D eigenvalue weighted by atomic mass is 10.4. The second-order valence-electron chi connectivity index (χ2n) is 2.14. The molecule has 0 bridgehead atoms. The topological polar surface area (TPSA) is 121 Å². The van der Waals surface area contributed by atoms with E-state index in [1.807, 2.05) is 0 Å². The second-order valence-corrected chi connectivity index (χ2v) is 2.14. The number of primary amides is 1. The maximum Gasteiger partial charge on any atom is 0.293 e. The van der Waals surface area contributed by atoms with Crippen molar-refractivity contribution < 1.29 is 4.79 Å². The van der Waals surface area contributed by atoms with Gasteiger partial charge in [-0.1, -0.05) is 0 Å². The van der Waals surface area contributed by atoms with Gasteiger partial charge >= 0.3 is 0 Å². The number of anilines is 2. The molecule has 0 aliphatic heterocycles. The van der Waals surface area contributed by atoms with Crippen molar-refractivity contribution in [3.63, 3.8) is 0 Å². The predicted molar refractivity (Wildman–Crippen MR) is 46.9 cm³/mol. The Morgan fingerprint density at radius 2 is 2.08 bits per heavy atom. The van der Waals surface area contributed by atoms with Gasteiger partial charge in [-0.2, -0.15) is 0 Å². The normalized spacial score (nSPS) is 8.62. The lowest BCUT2D eigenvalue weighted by Gasteiger charge is -1.96. The standard InChI is InChI=1S/C7H7N5O/c8-5(13)2-1-4-3-11-6(9)7(10)12-4/h3H,(H2,8,13)(H2,9,11)(H2,10,12). The number of aromatic nitrogens is 2. The smallest absolute Gasteiger partial charge is 0.293 e. The Morgan fingerprint density at radius 3 is 2.62 bits per heavy atom. The minimum atomic E-state index is -0.739. The summed E-state index contributed by atoms with van der Waals surface area (Å²) in [4.78, 5) is 17.7. The van der Waals surface area contributed by atoms with Crippen LogP contribution >= 0.6 is 0 Å². The van der Waals surface area contributed by atoms with Gasteiger partial charge in [0, 0.05) is 5.92 Å². The number of amides is 1. The van der Waals surface area contributed by atoms with Crippen molar-refractivity contribution in [2.75, 3.05) is 11.5 Å². The van der Waals surface area contributed by atoms with Crippen LogP contribution in [0.4, 0.5) is 11.6 Å². The molecule has 0 aliphatic carbocycles. The zero-order valence-corrected chi connectivity index (χ0v) is 6.61. The molecule has 1 aromatic rings. The van der Waals surface area contributed by atoms with E-state index in [2.05, 4.69) is 21.8 Å². The Labute approximate surface area is 74.1 Å². The predicted octanol–water partition coefficient (Wildman–Crippen LogP) is -1.52. The van der Waals surface area contributed by atoms with Crippen LogP contribution in [0.2, 0.25) is 0 Å². The summed E-state index contributed by atoms with van der Waals surface area (Å²) in [6.45, 7) is 0. The minimum Gasteiger partial charge on any atom is -0.381 e. The first-order valence-corrected chi connectivity index (χ1v) is 3.29. The van der Waals surface area contributed by atoms with Gasteiger partial charge in [0.25, 0.3) is 5.91 Å². The quantitative estimate of drug-likeness (QED) is 0.415. The number of nitrogens with two attached hydrogens (primary N) is 3. The highest BCUT2D eigenvalue weighted by Gasteiger charge is 1.97. The van der Waals surface area contributed by atoms with Crippen LogP contribution in [0, 0.1) is 11.8 Å². The molecule has 6 N–H and O–H groups in total. The maximum atomic E-state index is 10.3. The number of nitrogen functional groups attached to an aromatic ring is 2. The van der Waals surface area contributed by atoms with Crippen molar-refractivity contribution >= 4 is 17.5 Å². The third-order valence-corrected chi connectivity index (χ3v) is 1.14. The van der Waals surface area contributed by atoms with Crippen LogP contribution in [0.15, 0.2) is 6.20 Å². The van der Waals surface area contributed by atoms with Gasteiger partial charge < -0.3 is 17.2 Å². The fraction of sp³-hybridized carbons (Fsp3) is 0. The number of carbonyl (C=O) groups excluding carboxylic acids is 1. The zero-order valence-electron chi connectivity index (χ0n) is 6.61. The maximum absolute atomic E-state index is 10.3. The molecule has 1 amide bonds. The van der Waals surface area contributed by atoms with E-state index >= 15 is 0 Å². The summed E-state index contributed by atoms with van der Waals surface area (Å²) < 4.78 is 0. The number of rotatable bonds is 0. The Balaban J connectivity index is 3.00. The number of hydrogen-bond acceptors (Lipinski definition) is 5. The monoisotopic (exact) mass is 177 g/mol. The number of carbonyl (C=O) groups is 1. The van der Waals surface area contributed by atoms with Gasteiger partial charge in [-0.3, -0.25) is 4.79 Å². The molecule has 66 valence electrons. The van der Waals surface area contributed by atoms with Gasteiger partial charge in [0.1, 0.15) is 5.69 Å². The van der Waals surface area contributed by atoms with Crippen molar-refractivity contribution in [2.45, 2.75) is 0 Å². The summed E-state index contributed by atoms with van der Waals surface area (Å²) in [7, 11) is 0. The van der Waals surface area contributed by atoms with Crippen LogP contribution in [0.1, 0.15) is 5.69 Å². The van der Waals surface area contributed by atoms with Gasteiger partial charge in [0.05, 0.1) is 6.20 Å². The van der Waals surface area contributed by atoms with Gasteiger partial charge in [-0.25, -0.2) is 9.97 Å². The minimum absolute atomic E-state index is 0.0799. The van der Waals surface area contributed by atoms with Gasteiger partial charge in [0.2, 0.25) is 0 Å². The van der Waals surface area contributed by atoms with E-state index in [1.165, 1.54) is 6.20 Å². The molecule has 0 fully saturated rings. The van der Waals surface area contributed by atoms with Gasteiger partial charge in [-0.15, -0.1) is 0 Å². The molecule has 1 rings (SSSR count). The molecule has 6 nitrogen and oxygen atoms in total. The lowest BCUT2D eigenvalue weighted by molar-refractivity contribution is -0.112. The summed E-state index contributed by atoms with van der Waals surface area (Å²) in [5.41, 5.74) is 15.7. The Bertz CT molecular complexity index is 403. The molecule has 0 atom stereocenters. The summed E-state index contributed by atoms with van der Waals surface area (Å²) >= 11 is 0. The Kier molecular flexibility index (Phi) is 2.31.